The Morgan fingerprint density at radius 1 is 0.257 bits per heavy atom. The molecule has 872 valence electrons. The molecule has 9 atom stereocenters. The number of benzene rings is 7. The highest BCUT2D eigenvalue weighted by atomic mass is 16.7. The third-order valence-corrected chi connectivity index (χ3v) is 27.5. The van der Waals surface area contributed by atoms with Crippen LogP contribution in [-0.4, -0.2) is 77.2 Å². The Hall–Kier alpha value is -7.84. The molecule has 5 aliphatic carbocycles. The number of rotatable bonds is 32. The van der Waals surface area contributed by atoms with Crippen LogP contribution in [0.25, 0.3) is 0 Å². The van der Waals surface area contributed by atoms with E-state index in [1.54, 1.807) is 36.4 Å². The molecule has 5 aliphatic rings. The average molecular weight is 2090 g/mol. The molecule has 9 unspecified atom stereocenters. The van der Waals surface area contributed by atoms with Crippen molar-refractivity contribution in [3.63, 3.8) is 0 Å². The fraction of sp³-hybridized carbons (Fsp3) is 0.674. The first kappa shape index (κ1) is 173. The van der Waals surface area contributed by atoms with Gasteiger partial charge in [0.05, 0.1) is 29.1 Å². The number of phenolic OH excluding ortho intramolecular Hbond substituents is 3. The molecular formula is C135H254O13. The van der Waals surface area contributed by atoms with Crippen LogP contribution in [0.3, 0.4) is 0 Å². The molecule has 5 fully saturated rings. The van der Waals surface area contributed by atoms with E-state index in [0.717, 1.165) is 75.0 Å². The molecule has 0 spiro atoms. The number of aromatic hydroxyl groups is 3. The van der Waals surface area contributed by atoms with Crippen molar-refractivity contribution in [1.82, 2.24) is 0 Å². The number of hydrogen-bond donors (Lipinski definition) is 3. The Morgan fingerprint density at radius 2 is 0.446 bits per heavy atom. The minimum Gasteiger partial charge on any atom is -0.508 e. The maximum Gasteiger partial charge on any atom is 0.311 e. The first-order chi connectivity index (χ1) is 62.3. The predicted molar refractivity (Wildman–Crippen MR) is 666 cm³/mol. The van der Waals surface area contributed by atoms with Gasteiger partial charge in [-0.05, 0) is 342 Å². The van der Waals surface area contributed by atoms with Crippen LogP contribution in [-0.2, 0) is 33.3 Å². The van der Waals surface area contributed by atoms with Crippen molar-refractivity contribution in [3.8, 4) is 34.5 Å². The lowest BCUT2D eigenvalue weighted by atomic mass is 9.90. The second-order valence-electron chi connectivity index (χ2n) is 38.7. The standard InChI is InChI=1S/2C18H28O2.C17H26O2.2C12H22O2.3C10H14O.C10H14.18CH4/c2*1-4-14(2)16-10-12-18(13-11-16)20-15(3)19-17-8-6-5-7-9-17;1-3-14(2)15-9-11-17(12-10-15)19-13-18-16-7-5-4-6-8-16;2*1-4-12(2,3)11(13)14-10-8-6-5-7-9-10;3*1-3-8(2)9-4-6-10(11)7-5-9;1-3-9(2)10-7-5-4-6-8-10;;;;;;;;;;;;;;;;;;/h2*10-15,17H,4-9H2,1-3H3;9-12,14,16H,3-8,13H2,1-2H3;2*10H,4-9H2,1-3H3;3*4-8,11H,3H2,1-2H3;4-9H,3H2,1-2H3;18*1H4. The maximum absolute atomic E-state index is 11.7. The lowest BCUT2D eigenvalue weighted by Gasteiger charge is -2.27. The minimum atomic E-state index is -0.308. The van der Waals surface area contributed by atoms with E-state index < -0.39 is 0 Å². The van der Waals surface area contributed by atoms with Crippen molar-refractivity contribution in [3.05, 3.63) is 215 Å². The van der Waals surface area contributed by atoms with Gasteiger partial charge in [0, 0.05) is 0 Å². The first-order valence-corrected chi connectivity index (χ1v) is 51.4. The van der Waals surface area contributed by atoms with Gasteiger partial charge in [0.15, 0.2) is 19.4 Å². The molecule has 13 heteroatoms. The van der Waals surface area contributed by atoms with Crippen molar-refractivity contribution in [2.75, 3.05) is 6.79 Å². The van der Waals surface area contributed by atoms with Crippen molar-refractivity contribution >= 4 is 11.9 Å². The molecule has 0 bridgehead atoms. The largest absolute Gasteiger partial charge is 0.508 e. The highest BCUT2D eigenvalue weighted by Crippen LogP contribution is 2.34. The molecule has 12 rings (SSSR count). The summed E-state index contributed by atoms with van der Waals surface area (Å²) in [7, 11) is 0. The number of phenols is 3. The Balaban J connectivity index is -0.000000103. The molecule has 3 N–H and O–H groups in total. The summed E-state index contributed by atoms with van der Waals surface area (Å²) in [5.41, 5.74) is 8.85. The van der Waals surface area contributed by atoms with Crippen LogP contribution in [0.4, 0.5) is 0 Å². The molecule has 13 nitrogen and oxygen atoms in total. The molecule has 7 aromatic rings. The zero-order chi connectivity index (χ0) is 95.7. The monoisotopic (exact) mass is 2080 g/mol. The summed E-state index contributed by atoms with van der Waals surface area (Å²) in [6.45, 7) is 47.2. The van der Waals surface area contributed by atoms with Gasteiger partial charge in [-0.1, -0.05) is 418 Å². The molecule has 0 aromatic heterocycles. The van der Waals surface area contributed by atoms with E-state index in [-0.39, 0.29) is 181 Å². The molecule has 0 radical (unpaired) electrons. The summed E-state index contributed by atoms with van der Waals surface area (Å²) in [4.78, 5) is 23.5. The van der Waals surface area contributed by atoms with E-state index in [1.165, 1.54) is 199 Å². The number of ether oxygens (including phenoxy) is 8. The lowest BCUT2D eigenvalue weighted by Crippen LogP contribution is -2.31. The van der Waals surface area contributed by atoms with Crippen LogP contribution in [0, 0.1) is 10.8 Å². The smallest absolute Gasteiger partial charge is 0.311 e. The van der Waals surface area contributed by atoms with Crippen LogP contribution >= 0.6 is 0 Å². The highest BCUT2D eigenvalue weighted by molar-refractivity contribution is 5.76. The van der Waals surface area contributed by atoms with Crippen molar-refractivity contribution < 1.29 is 62.8 Å². The van der Waals surface area contributed by atoms with Crippen LogP contribution in [0.15, 0.2) is 176 Å². The van der Waals surface area contributed by atoms with Gasteiger partial charge in [0.25, 0.3) is 0 Å². The molecule has 0 amide bonds. The summed E-state index contributed by atoms with van der Waals surface area (Å²) < 4.78 is 46.1. The fourth-order valence-electron chi connectivity index (χ4n) is 15.6. The number of carbonyl (C=O) groups excluding carboxylic acids is 2. The van der Waals surface area contributed by atoms with E-state index in [2.05, 4.69) is 188 Å². The quantitative estimate of drug-likeness (QED) is 0.0269. The Morgan fingerprint density at radius 3 is 0.655 bits per heavy atom. The van der Waals surface area contributed by atoms with Crippen LogP contribution in [0.1, 0.15) is 585 Å². The summed E-state index contributed by atoms with van der Waals surface area (Å²) in [5.74, 6) is 8.03. The van der Waals surface area contributed by atoms with Crippen molar-refractivity contribution in [1.29, 1.82) is 0 Å². The second kappa shape index (κ2) is 99.8. The third-order valence-electron chi connectivity index (χ3n) is 27.5. The number of hydrogen-bond acceptors (Lipinski definition) is 13. The van der Waals surface area contributed by atoms with E-state index in [0.29, 0.717) is 83.8 Å². The summed E-state index contributed by atoms with van der Waals surface area (Å²) in [6, 6.07) is 58.2. The van der Waals surface area contributed by atoms with Crippen LogP contribution in [0.2, 0.25) is 0 Å². The van der Waals surface area contributed by atoms with Gasteiger partial charge in [-0.3, -0.25) is 9.59 Å². The van der Waals surface area contributed by atoms with Gasteiger partial charge in [-0.25, -0.2) is 0 Å². The van der Waals surface area contributed by atoms with E-state index >= 15 is 0 Å². The van der Waals surface area contributed by atoms with Gasteiger partial charge in [0.1, 0.15) is 46.7 Å². The van der Waals surface area contributed by atoms with Gasteiger partial charge >= 0.3 is 11.9 Å². The first-order valence-electron chi connectivity index (χ1n) is 51.4. The van der Waals surface area contributed by atoms with Gasteiger partial charge in [-0.2, -0.15) is 0 Å². The normalized spacial score (nSPS) is 15.0. The Bertz CT molecular complexity index is 3680. The zero-order valence-corrected chi connectivity index (χ0v) is 85.5. The summed E-state index contributed by atoms with van der Waals surface area (Å²) >= 11 is 0. The van der Waals surface area contributed by atoms with Crippen LogP contribution in [0.5, 0.6) is 34.5 Å². The highest BCUT2D eigenvalue weighted by Gasteiger charge is 2.32. The molecule has 5 saturated carbocycles. The number of carbonyl (C=O) groups is 2. The third kappa shape index (κ3) is 71.9. The Labute approximate surface area is 924 Å². The summed E-state index contributed by atoms with van der Waals surface area (Å²) in [5, 5.41) is 27.0. The lowest BCUT2D eigenvalue weighted by molar-refractivity contribution is -0.162. The Kier molecular flexibility index (Phi) is 117. The van der Waals surface area contributed by atoms with Crippen molar-refractivity contribution in [2.45, 2.75) is 589 Å². The van der Waals surface area contributed by atoms with Gasteiger partial charge in [-0.15, -0.1) is 0 Å². The van der Waals surface area contributed by atoms with Crippen LogP contribution < -0.4 is 14.2 Å². The fourth-order valence-corrected chi connectivity index (χ4v) is 15.6. The molecular weight excluding hydrogens is 1830 g/mol. The number of esters is 2. The summed E-state index contributed by atoms with van der Waals surface area (Å²) in [6.07, 6.45) is 41.7. The van der Waals surface area contributed by atoms with E-state index in [4.69, 9.17) is 53.2 Å². The SMILES string of the molecule is C.C.C.C.C.C.C.C.C.C.C.C.C.C.C.C.C.C.CCC(C)(C)C(=O)OC1CCCCC1.CCC(C)(C)C(=O)OC1CCCCC1.CCC(C)c1ccc(O)cc1.CCC(C)c1ccc(O)cc1.CCC(C)c1ccc(O)cc1.CCC(C)c1ccc(OC(C)OC2CCCCC2)cc1.CCC(C)c1ccc(OC(C)OC2CCCCC2)cc1.CCC(C)c1ccc(OCOC2CCCCC2)cc1.CCC(C)c1ccccc1. The van der Waals surface area contributed by atoms with Gasteiger partial charge < -0.3 is 53.2 Å². The minimum absolute atomic E-state index is 0. The molecule has 7 aromatic carbocycles. The molecule has 148 heavy (non-hydrogen) atoms. The maximum atomic E-state index is 11.7. The average Bonchev–Trinajstić information content (AvgIpc) is 0.856. The van der Waals surface area contributed by atoms with Gasteiger partial charge in [0.2, 0.25) is 0 Å². The van der Waals surface area contributed by atoms with E-state index in [9.17, 15) is 9.59 Å². The molecule has 0 heterocycles. The van der Waals surface area contributed by atoms with Crippen molar-refractivity contribution in [2.24, 2.45) is 10.8 Å². The predicted octanol–water partition coefficient (Wildman–Crippen LogP) is 45.4. The molecule has 0 saturated heterocycles. The molecule has 0 aliphatic heterocycles. The topological polar surface area (TPSA) is 169 Å². The van der Waals surface area contributed by atoms with E-state index in [1.807, 2.05) is 104 Å². The zero-order valence-electron chi connectivity index (χ0n) is 85.5. The second-order valence-corrected chi connectivity index (χ2v) is 38.7.